The smallest absolute Gasteiger partial charge is 0.302 e. The van der Waals surface area contributed by atoms with Gasteiger partial charge in [0.05, 0.1) is 13.2 Å². The molecule has 0 radical (unpaired) electrons. The van der Waals surface area contributed by atoms with Gasteiger partial charge >= 0.3 is 5.97 Å². The summed E-state index contributed by atoms with van der Waals surface area (Å²) >= 11 is 0. The highest BCUT2D eigenvalue weighted by Crippen LogP contribution is 2.15. The molecule has 0 bridgehead atoms. The molecule has 70 valence electrons. The predicted octanol–water partition coefficient (Wildman–Crippen LogP) is 0.749. The van der Waals surface area contributed by atoms with E-state index in [0.717, 1.165) is 0 Å². The fourth-order valence-corrected chi connectivity index (χ4v) is 0.598. The van der Waals surface area contributed by atoms with E-state index in [-0.39, 0.29) is 24.6 Å². The van der Waals surface area contributed by atoms with Crippen molar-refractivity contribution in [3.05, 3.63) is 0 Å². The van der Waals surface area contributed by atoms with Gasteiger partial charge in [-0.05, 0) is 0 Å². The maximum atomic E-state index is 10.4. The molecule has 0 aliphatic rings. The maximum absolute atomic E-state index is 10.4. The standard InChI is InChI=1S/C8H14O4/c1-7(10)12-5-8(2,3)4-11-6-9/h6H,4-5H2,1-3H3. The molecule has 0 aliphatic heterocycles. The van der Waals surface area contributed by atoms with E-state index in [0.29, 0.717) is 6.47 Å². The highest BCUT2D eigenvalue weighted by atomic mass is 16.5. The first-order valence-corrected chi connectivity index (χ1v) is 3.66. The van der Waals surface area contributed by atoms with Crippen molar-refractivity contribution in [1.82, 2.24) is 0 Å². The number of rotatable bonds is 5. The molecule has 0 aromatic carbocycles. The summed E-state index contributed by atoms with van der Waals surface area (Å²) in [5, 5.41) is 0. The third kappa shape index (κ3) is 5.70. The second-order valence-electron chi connectivity index (χ2n) is 3.35. The fourth-order valence-electron chi connectivity index (χ4n) is 0.598. The molecule has 0 aromatic rings. The van der Waals surface area contributed by atoms with Crippen molar-refractivity contribution < 1.29 is 19.1 Å². The van der Waals surface area contributed by atoms with E-state index in [9.17, 15) is 9.59 Å². The quantitative estimate of drug-likeness (QED) is 0.456. The van der Waals surface area contributed by atoms with Gasteiger partial charge in [-0.15, -0.1) is 0 Å². The average molecular weight is 174 g/mol. The monoisotopic (exact) mass is 174 g/mol. The number of hydrogen-bond acceptors (Lipinski definition) is 4. The van der Waals surface area contributed by atoms with Gasteiger partial charge in [-0.1, -0.05) is 13.8 Å². The van der Waals surface area contributed by atoms with Gasteiger partial charge in [0, 0.05) is 12.3 Å². The SMILES string of the molecule is CC(=O)OCC(C)(C)COC=O. The van der Waals surface area contributed by atoms with Crippen molar-refractivity contribution in [2.24, 2.45) is 5.41 Å². The molecule has 0 N–H and O–H groups in total. The largest absolute Gasteiger partial charge is 0.467 e. The van der Waals surface area contributed by atoms with E-state index in [2.05, 4.69) is 4.74 Å². The molecule has 0 atom stereocenters. The van der Waals surface area contributed by atoms with Crippen molar-refractivity contribution in [3.8, 4) is 0 Å². The molecular formula is C8H14O4. The van der Waals surface area contributed by atoms with Crippen LogP contribution in [0, 0.1) is 5.41 Å². The fraction of sp³-hybridized carbons (Fsp3) is 0.750. The van der Waals surface area contributed by atoms with Crippen molar-refractivity contribution >= 4 is 12.4 Å². The predicted molar refractivity (Wildman–Crippen MR) is 42.4 cm³/mol. The molecule has 0 unspecified atom stereocenters. The molecule has 0 spiro atoms. The lowest BCUT2D eigenvalue weighted by atomic mass is 9.96. The first-order valence-electron chi connectivity index (χ1n) is 3.66. The van der Waals surface area contributed by atoms with Crippen molar-refractivity contribution in [2.45, 2.75) is 20.8 Å². The second-order valence-corrected chi connectivity index (χ2v) is 3.35. The second kappa shape index (κ2) is 4.74. The zero-order chi connectivity index (χ0) is 9.61. The number of ether oxygens (including phenoxy) is 2. The van der Waals surface area contributed by atoms with Crippen LogP contribution in [0.5, 0.6) is 0 Å². The summed E-state index contributed by atoms with van der Waals surface area (Å²) in [7, 11) is 0. The third-order valence-electron chi connectivity index (χ3n) is 1.21. The van der Waals surface area contributed by atoms with Crippen LogP contribution < -0.4 is 0 Å². The van der Waals surface area contributed by atoms with Gasteiger partial charge in [0.25, 0.3) is 6.47 Å². The summed E-state index contributed by atoms with van der Waals surface area (Å²) < 4.78 is 9.33. The zero-order valence-electron chi connectivity index (χ0n) is 7.62. The summed E-state index contributed by atoms with van der Waals surface area (Å²) in [5.41, 5.74) is -0.313. The number of esters is 1. The zero-order valence-corrected chi connectivity index (χ0v) is 7.62. The Hall–Kier alpha value is -1.06. The van der Waals surface area contributed by atoms with Crippen LogP contribution in [-0.4, -0.2) is 25.7 Å². The van der Waals surface area contributed by atoms with Gasteiger partial charge in [0.15, 0.2) is 0 Å². The van der Waals surface area contributed by atoms with Gasteiger partial charge in [-0.2, -0.15) is 0 Å². The van der Waals surface area contributed by atoms with E-state index in [1.54, 1.807) is 0 Å². The molecule has 0 saturated heterocycles. The molecular weight excluding hydrogens is 160 g/mol. The molecule has 12 heavy (non-hydrogen) atoms. The minimum Gasteiger partial charge on any atom is -0.467 e. The summed E-state index contributed by atoms with van der Waals surface area (Å²) in [6.45, 7) is 5.94. The molecule has 0 aromatic heterocycles. The van der Waals surface area contributed by atoms with Crippen LogP contribution in [0.4, 0.5) is 0 Å². The van der Waals surface area contributed by atoms with E-state index in [1.807, 2.05) is 13.8 Å². The Kier molecular flexibility index (Phi) is 4.33. The van der Waals surface area contributed by atoms with Gasteiger partial charge < -0.3 is 9.47 Å². The summed E-state index contributed by atoms with van der Waals surface area (Å²) in [5.74, 6) is -0.325. The van der Waals surface area contributed by atoms with Crippen molar-refractivity contribution in [2.75, 3.05) is 13.2 Å². The lowest BCUT2D eigenvalue weighted by Crippen LogP contribution is -2.26. The Balaban J connectivity index is 3.69. The van der Waals surface area contributed by atoms with Gasteiger partial charge in [-0.3, -0.25) is 9.59 Å². The Morgan fingerprint density at radius 2 is 2.00 bits per heavy atom. The topological polar surface area (TPSA) is 52.6 Å². The molecule has 0 rings (SSSR count). The summed E-state index contributed by atoms with van der Waals surface area (Å²) in [6, 6.07) is 0. The van der Waals surface area contributed by atoms with Crippen LogP contribution in [0.3, 0.4) is 0 Å². The summed E-state index contributed by atoms with van der Waals surface area (Å²) in [4.78, 5) is 20.3. The molecule has 0 saturated carbocycles. The molecule has 0 fully saturated rings. The van der Waals surface area contributed by atoms with Crippen molar-refractivity contribution in [3.63, 3.8) is 0 Å². The van der Waals surface area contributed by atoms with Crippen LogP contribution in [0.25, 0.3) is 0 Å². The Labute approximate surface area is 71.8 Å². The van der Waals surface area contributed by atoms with Gasteiger partial charge in [0.1, 0.15) is 0 Å². The number of carbonyl (C=O) groups is 2. The van der Waals surface area contributed by atoms with E-state index in [4.69, 9.17) is 4.74 Å². The highest BCUT2D eigenvalue weighted by molar-refractivity contribution is 5.65. The molecule has 0 aliphatic carbocycles. The molecule has 4 heteroatoms. The lowest BCUT2D eigenvalue weighted by molar-refractivity contribution is -0.146. The minimum atomic E-state index is -0.325. The highest BCUT2D eigenvalue weighted by Gasteiger charge is 2.20. The van der Waals surface area contributed by atoms with Crippen LogP contribution >= 0.6 is 0 Å². The van der Waals surface area contributed by atoms with Crippen LogP contribution in [0.15, 0.2) is 0 Å². The molecule has 4 nitrogen and oxygen atoms in total. The van der Waals surface area contributed by atoms with E-state index < -0.39 is 0 Å². The van der Waals surface area contributed by atoms with Crippen LogP contribution in [0.1, 0.15) is 20.8 Å². The number of carbonyl (C=O) groups excluding carboxylic acids is 2. The minimum absolute atomic E-state index is 0.254. The summed E-state index contributed by atoms with van der Waals surface area (Å²) in [6.07, 6.45) is 0. The van der Waals surface area contributed by atoms with E-state index >= 15 is 0 Å². The normalized spacial score (nSPS) is 10.6. The molecule has 0 heterocycles. The van der Waals surface area contributed by atoms with Crippen molar-refractivity contribution in [1.29, 1.82) is 0 Å². The van der Waals surface area contributed by atoms with E-state index in [1.165, 1.54) is 6.92 Å². The maximum Gasteiger partial charge on any atom is 0.302 e. The lowest BCUT2D eigenvalue weighted by Gasteiger charge is -2.21. The third-order valence-corrected chi connectivity index (χ3v) is 1.21. The number of hydrogen-bond donors (Lipinski definition) is 0. The van der Waals surface area contributed by atoms with Gasteiger partial charge in [0.2, 0.25) is 0 Å². The first-order chi connectivity index (χ1) is 5.48. The van der Waals surface area contributed by atoms with Crippen LogP contribution in [-0.2, 0) is 19.1 Å². The Bertz CT molecular complexity index is 162. The molecule has 0 amide bonds. The van der Waals surface area contributed by atoms with Crippen LogP contribution in [0.2, 0.25) is 0 Å². The first kappa shape index (κ1) is 10.9. The Morgan fingerprint density at radius 3 is 2.42 bits per heavy atom. The average Bonchev–Trinajstić information content (AvgIpc) is 1.98. The van der Waals surface area contributed by atoms with Gasteiger partial charge in [-0.25, -0.2) is 0 Å². The Morgan fingerprint density at radius 1 is 1.42 bits per heavy atom.